The number of amides is 1. The molecule has 0 fully saturated rings. The smallest absolute Gasteiger partial charge is 0.252 e. The van der Waals surface area contributed by atoms with Crippen molar-refractivity contribution >= 4 is 40.7 Å². The predicted octanol–water partition coefficient (Wildman–Crippen LogP) is 3.07. The van der Waals surface area contributed by atoms with Crippen LogP contribution in [0.5, 0.6) is 0 Å². The maximum atomic E-state index is 12.3. The lowest BCUT2D eigenvalue weighted by Gasteiger charge is -2.10. The van der Waals surface area contributed by atoms with Gasteiger partial charge in [0.15, 0.2) is 5.82 Å². The van der Waals surface area contributed by atoms with Crippen LogP contribution in [-0.2, 0) is 11.2 Å². The minimum absolute atomic E-state index is 0.0755. The molecule has 2 heterocycles. The number of carbonyl (C=O) groups is 1. The van der Waals surface area contributed by atoms with Gasteiger partial charge < -0.3 is 5.32 Å². The van der Waals surface area contributed by atoms with Crippen molar-refractivity contribution in [1.29, 1.82) is 0 Å². The summed E-state index contributed by atoms with van der Waals surface area (Å²) in [5.74, 6) is 1.61. The van der Waals surface area contributed by atoms with Gasteiger partial charge in [0.1, 0.15) is 0 Å². The van der Waals surface area contributed by atoms with Crippen molar-refractivity contribution in [3.8, 4) is 0 Å². The Morgan fingerprint density at radius 3 is 3.09 bits per heavy atom. The second kappa shape index (κ2) is 6.97. The van der Waals surface area contributed by atoms with E-state index in [0.29, 0.717) is 22.3 Å². The van der Waals surface area contributed by atoms with Gasteiger partial charge in [-0.15, -0.1) is 16.9 Å². The molecule has 0 spiro atoms. The fraction of sp³-hybridized carbons (Fsp3) is 0.200. The highest BCUT2D eigenvalue weighted by molar-refractivity contribution is 7.99. The molecule has 0 aliphatic rings. The summed E-state index contributed by atoms with van der Waals surface area (Å²) in [6.07, 6.45) is 3.45. The number of rotatable bonds is 5. The summed E-state index contributed by atoms with van der Waals surface area (Å²) >= 11 is 7.66. The number of thioether (sulfide) groups is 1. The third kappa shape index (κ3) is 3.80. The van der Waals surface area contributed by atoms with Gasteiger partial charge in [0.2, 0.25) is 5.91 Å². The fourth-order valence-electron chi connectivity index (χ4n) is 2.07. The van der Waals surface area contributed by atoms with Crippen LogP contribution in [0.2, 0.25) is 5.02 Å². The van der Waals surface area contributed by atoms with Gasteiger partial charge in [-0.1, -0.05) is 18.5 Å². The van der Waals surface area contributed by atoms with Gasteiger partial charge in [0.05, 0.1) is 12.1 Å². The molecule has 0 saturated carbocycles. The normalized spacial score (nSPS) is 10.9. The van der Waals surface area contributed by atoms with Crippen molar-refractivity contribution in [3.63, 3.8) is 0 Å². The Bertz CT molecular complexity index is 818. The molecule has 1 aromatic carbocycles. The first-order valence-corrected chi connectivity index (χ1v) is 8.40. The van der Waals surface area contributed by atoms with Gasteiger partial charge in [-0.2, -0.15) is 4.98 Å². The number of nitrogens with zero attached hydrogens (tertiary/aromatic N) is 4. The van der Waals surface area contributed by atoms with Crippen molar-refractivity contribution in [1.82, 2.24) is 19.6 Å². The first-order valence-electron chi connectivity index (χ1n) is 7.04. The van der Waals surface area contributed by atoms with Gasteiger partial charge in [-0.05, 0) is 30.0 Å². The Kier molecular flexibility index (Phi) is 4.78. The Morgan fingerprint density at radius 2 is 2.30 bits per heavy atom. The molecule has 0 aliphatic heterocycles. The van der Waals surface area contributed by atoms with E-state index < -0.39 is 0 Å². The Hall–Kier alpha value is -2.12. The van der Waals surface area contributed by atoms with E-state index in [2.05, 4.69) is 27.3 Å². The number of fused-ring (bicyclic) bond motifs is 1. The second-order valence-electron chi connectivity index (χ2n) is 4.69. The van der Waals surface area contributed by atoms with E-state index in [1.54, 1.807) is 40.8 Å². The van der Waals surface area contributed by atoms with E-state index >= 15 is 0 Å². The van der Waals surface area contributed by atoms with Crippen LogP contribution in [0.3, 0.4) is 0 Å². The third-order valence-corrected chi connectivity index (χ3v) is 4.19. The van der Waals surface area contributed by atoms with Gasteiger partial charge in [-0.25, -0.2) is 9.50 Å². The molecule has 2 aromatic heterocycles. The maximum absolute atomic E-state index is 12.3. The van der Waals surface area contributed by atoms with Crippen LogP contribution in [0.25, 0.3) is 5.78 Å². The second-order valence-corrected chi connectivity index (χ2v) is 6.43. The number of benzene rings is 1. The zero-order valence-electron chi connectivity index (χ0n) is 12.4. The van der Waals surface area contributed by atoms with E-state index in [0.717, 1.165) is 10.6 Å². The lowest BCUT2D eigenvalue weighted by molar-refractivity contribution is -0.115. The molecule has 3 rings (SSSR count). The molecular formula is C15H14ClN5OS. The lowest BCUT2D eigenvalue weighted by atomic mass is 10.3. The number of halogens is 1. The van der Waals surface area contributed by atoms with Crippen molar-refractivity contribution in [2.45, 2.75) is 18.2 Å². The molecule has 0 bridgehead atoms. The first-order chi connectivity index (χ1) is 11.2. The highest BCUT2D eigenvalue weighted by atomic mass is 35.5. The molecule has 0 unspecified atom stereocenters. The molecule has 1 N–H and O–H groups in total. The fourth-order valence-corrected chi connectivity index (χ4v) is 2.98. The number of anilines is 1. The maximum Gasteiger partial charge on any atom is 0.252 e. The van der Waals surface area contributed by atoms with E-state index in [4.69, 9.17) is 11.6 Å². The minimum Gasteiger partial charge on any atom is -0.325 e. The molecule has 118 valence electrons. The molecule has 0 saturated heterocycles. The Labute approximate surface area is 142 Å². The van der Waals surface area contributed by atoms with E-state index in [1.807, 2.05) is 12.1 Å². The topological polar surface area (TPSA) is 72.2 Å². The number of hydrogen-bond acceptors (Lipinski definition) is 5. The van der Waals surface area contributed by atoms with Crippen LogP contribution in [0.1, 0.15) is 12.7 Å². The standard InChI is InChI=1S/C15H14ClN5OS/c1-2-23-12-5-4-10(16)8-11(12)18-14(22)9-13-19-15-17-6-3-7-21(15)20-13/h3-8H,2,9H2,1H3,(H,18,22). The van der Waals surface area contributed by atoms with Gasteiger partial charge in [0, 0.05) is 22.3 Å². The number of nitrogens with one attached hydrogen (secondary N) is 1. The summed E-state index contributed by atoms with van der Waals surface area (Å²) in [4.78, 5) is 21.5. The molecule has 0 atom stereocenters. The molecule has 8 heteroatoms. The summed E-state index contributed by atoms with van der Waals surface area (Å²) in [5.41, 5.74) is 0.705. The average molecular weight is 348 g/mol. The highest BCUT2D eigenvalue weighted by Gasteiger charge is 2.12. The molecule has 0 aliphatic carbocycles. The summed E-state index contributed by atoms with van der Waals surface area (Å²) in [7, 11) is 0. The molecule has 1 amide bonds. The Morgan fingerprint density at radius 1 is 1.43 bits per heavy atom. The number of aromatic nitrogens is 4. The minimum atomic E-state index is -0.193. The molecule has 23 heavy (non-hydrogen) atoms. The average Bonchev–Trinajstić information content (AvgIpc) is 2.92. The van der Waals surface area contributed by atoms with Crippen molar-refractivity contribution < 1.29 is 4.79 Å². The van der Waals surface area contributed by atoms with Crippen LogP contribution in [-0.4, -0.2) is 31.2 Å². The predicted molar refractivity (Wildman–Crippen MR) is 91.0 cm³/mol. The highest BCUT2D eigenvalue weighted by Crippen LogP contribution is 2.29. The van der Waals surface area contributed by atoms with E-state index in [9.17, 15) is 4.79 Å². The summed E-state index contributed by atoms with van der Waals surface area (Å²) < 4.78 is 1.54. The zero-order valence-corrected chi connectivity index (χ0v) is 13.9. The van der Waals surface area contributed by atoms with Crippen LogP contribution >= 0.6 is 23.4 Å². The van der Waals surface area contributed by atoms with Gasteiger partial charge in [-0.3, -0.25) is 4.79 Å². The third-order valence-electron chi connectivity index (χ3n) is 2.99. The summed E-state index contributed by atoms with van der Waals surface area (Å²) in [6, 6.07) is 7.21. The molecule has 0 radical (unpaired) electrons. The zero-order chi connectivity index (χ0) is 16.2. The quantitative estimate of drug-likeness (QED) is 0.718. The summed E-state index contributed by atoms with van der Waals surface area (Å²) in [6.45, 7) is 2.05. The molecule has 3 aromatic rings. The number of carbonyl (C=O) groups excluding carboxylic acids is 1. The van der Waals surface area contributed by atoms with E-state index in [1.165, 1.54) is 0 Å². The molecule has 6 nitrogen and oxygen atoms in total. The van der Waals surface area contributed by atoms with Crippen molar-refractivity contribution in [2.24, 2.45) is 0 Å². The Balaban J connectivity index is 1.75. The monoisotopic (exact) mass is 347 g/mol. The van der Waals surface area contributed by atoms with Crippen LogP contribution in [0.4, 0.5) is 5.69 Å². The van der Waals surface area contributed by atoms with Crippen molar-refractivity contribution in [3.05, 3.63) is 47.5 Å². The van der Waals surface area contributed by atoms with Crippen LogP contribution in [0, 0.1) is 0 Å². The lowest BCUT2D eigenvalue weighted by Crippen LogP contribution is -2.16. The van der Waals surface area contributed by atoms with E-state index in [-0.39, 0.29) is 12.3 Å². The molecular weight excluding hydrogens is 334 g/mol. The number of hydrogen-bond donors (Lipinski definition) is 1. The van der Waals surface area contributed by atoms with Gasteiger partial charge >= 0.3 is 0 Å². The van der Waals surface area contributed by atoms with Crippen LogP contribution < -0.4 is 5.32 Å². The SMILES string of the molecule is CCSc1ccc(Cl)cc1NC(=O)Cc1nc2ncccn2n1. The van der Waals surface area contributed by atoms with Crippen molar-refractivity contribution in [2.75, 3.05) is 11.1 Å². The van der Waals surface area contributed by atoms with Crippen LogP contribution in [0.15, 0.2) is 41.6 Å². The summed E-state index contributed by atoms with van der Waals surface area (Å²) in [5, 5.41) is 7.68. The van der Waals surface area contributed by atoms with Gasteiger partial charge in [0.25, 0.3) is 5.78 Å². The first kappa shape index (κ1) is 15.8. The largest absolute Gasteiger partial charge is 0.325 e.